The summed E-state index contributed by atoms with van der Waals surface area (Å²) in [6.07, 6.45) is 2.19. The molecule has 0 saturated carbocycles. The minimum atomic E-state index is 0.409. The molecule has 1 fully saturated rings. The number of nitrogens with zero attached hydrogens (tertiary/aromatic N) is 1. The molecule has 0 atom stereocenters. The zero-order valence-electron chi connectivity index (χ0n) is 15.4. The van der Waals surface area contributed by atoms with Crippen molar-refractivity contribution in [3.8, 4) is 0 Å². The second-order valence-electron chi connectivity index (χ2n) is 7.07. The summed E-state index contributed by atoms with van der Waals surface area (Å²) in [5.41, 5.74) is 4.54. The Bertz CT molecular complexity index is 732. The van der Waals surface area contributed by atoms with Gasteiger partial charge in [0.25, 0.3) is 0 Å². The van der Waals surface area contributed by atoms with E-state index < -0.39 is 0 Å². The van der Waals surface area contributed by atoms with Crippen LogP contribution in [0.1, 0.15) is 29.5 Å². The number of anilines is 1. The number of thiocarbonyl (C=S) groups is 1. The van der Waals surface area contributed by atoms with Gasteiger partial charge in [0.1, 0.15) is 0 Å². The van der Waals surface area contributed by atoms with Gasteiger partial charge >= 0.3 is 0 Å². The van der Waals surface area contributed by atoms with Crippen LogP contribution < -0.4 is 10.6 Å². The van der Waals surface area contributed by atoms with Gasteiger partial charge in [0.05, 0.1) is 10.7 Å². The van der Waals surface area contributed by atoms with Crippen LogP contribution in [-0.2, 0) is 6.54 Å². The van der Waals surface area contributed by atoms with Crippen molar-refractivity contribution in [2.75, 3.05) is 18.4 Å². The fourth-order valence-electron chi connectivity index (χ4n) is 3.49. The van der Waals surface area contributed by atoms with E-state index in [4.69, 9.17) is 23.8 Å². The average molecular weight is 388 g/mol. The van der Waals surface area contributed by atoms with E-state index in [1.165, 1.54) is 5.56 Å². The lowest BCUT2D eigenvalue weighted by atomic mass is 10.0. The molecule has 0 unspecified atom stereocenters. The molecule has 1 aliphatic heterocycles. The fourth-order valence-corrected chi connectivity index (χ4v) is 4.12. The van der Waals surface area contributed by atoms with E-state index in [9.17, 15) is 0 Å². The first-order valence-corrected chi connectivity index (χ1v) is 9.90. The van der Waals surface area contributed by atoms with E-state index >= 15 is 0 Å². The third kappa shape index (κ3) is 5.19. The van der Waals surface area contributed by atoms with E-state index in [2.05, 4.69) is 51.9 Å². The molecule has 3 nitrogen and oxygen atoms in total. The van der Waals surface area contributed by atoms with E-state index in [1.54, 1.807) is 0 Å². The average Bonchev–Trinajstić information content (AvgIpc) is 2.61. The molecule has 2 aromatic carbocycles. The normalized spacial score (nSPS) is 15.7. The smallest absolute Gasteiger partial charge is 0.171 e. The summed E-state index contributed by atoms with van der Waals surface area (Å²) < 4.78 is 0. The molecule has 1 aliphatic rings. The maximum absolute atomic E-state index is 6.36. The van der Waals surface area contributed by atoms with Crippen molar-refractivity contribution >= 4 is 34.6 Å². The Morgan fingerprint density at radius 1 is 1.15 bits per heavy atom. The highest BCUT2D eigenvalue weighted by molar-refractivity contribution is 7.80. The van der Waals surface area contributed by atoms with Crippen molar-refractivity contribution in [2.24, 2.45) is 0 Å². The number of aryl methyl sites for hydroxylation is 2. The summed E-state index contributed by atoms with van der Waals surface area (Å²) in [6.45, 7) is 7.28. The summed E-state index contributed by atoms with van der Waals surface area (Å²) in [5.74, 6) is 0. The molecule has 0 aromatic heterocycles. The number of piperidine rings is 1. The molecule has 26 heavy (non-hydrogen) atoms. The van der Waals surface area contributed by atoms with Gasteiger partial charge in [-0.3, -0.25) is 4.90 Å². The minimum Gasteiger partial charge on any atom is -0.360 e. The third-order valence-corrected chi connectivity index (χ3v) is 5.36. The molecule has 1 heterocycles. The van der Waals surface area contributed by atoms with Crippen LogP contribution in [0.5, 0.6) is 0 Å². The summed E-state index contributed by atoms with van der Waals surface area (Å²) in [7, 11) is 0. The van der Waals surface area contributed by atoms with Gasteiger partial charge in [0, 0.05) is 25.7 Å². The zero-order valence-corrected chi connectivity index (χ0v) is 17.0. The Morgan fingerprint density at radius 2 is 1.85 bits per heavy atom. The minimum absolute atomic E-state index is 0.409. The molecule has 0 bridgehead atoms. The number of nitrogens with one attached hydrogen (secondary N) is 2. The second kappa shape index (κ2) is 8.85. The molecule has 1 saturated heterocycles. The molecule has 2 aromatic rings. The maximum Gasteiger partial charge on any atom is 0.171 e. The number of rotatable bonds is 4. The monoisotopic (exact) mass is 387 g/mol. The summed E-state index contributed by atoms with van der Waals surface area (Å²) in [4.78, 5) is 2.50. The molecule has 0 aliphatic carbocycles. The highest BCUT2D eigenvalue weighted by Gasteiger charge is 2.20. The molecule has 3 rings (SSSR count). The quantitative estimate of drug-likeness (QED) is 0.729. The Morgan fingerprint density at radius 3 is 2.50 bits per heavy atom. The number of likely N-dealkylation sites (tertiary alicyclic amines) is 1. The molecule has 138 valence electrons. The first-order valence-electron chi connectivity index (χ1n) is 9.12. The van der Waals surface area contributed by atoms with Crippen LogP contribution >= 0.6 is 23.8 Å². The predicted molar refractivity (Wildman–Crippen MR) is 115 cm³/mol. The van der Waals surface area contributed by atoms with Crippen molar-refractivity contribution < 1.29 is 0 Å². The fraction of sp³-hybridized carbons (Fsp3) is 0.381. The summed E-state index contributed by atoms with van der Waals surface area (Å²) in [6, 6.07) is 15.1. The van der Waals surface area contributed by atoms with Crippen molar-refractivity contribution in [1.29, 1.82) is 0 Å². The van der Waals surface area contributed by atoms with E-state index in [-0.39, 0.29) is 0 Å². The molecule has 0 radical (unpaired) electrons. The summed E-state index contributed by atoms with van der Waals surface area (Å²) in [5, 5.41) is 8.10. The largest absolute Gasteiger partial charge is 0.360 e. The highest BCUT2D eigenvalue weighted by atomic mass is 35.5. The van der Waals surface area contributed by atoms with Gasteiger partial charge in [-0.15, -0.1) is 0 Å². The second-order valence-corrected chi connectivity index (χ2v) is 7.89. The highest BCUT2D eigenvalue weighted by Crippen LogP contribution is 2.27. The van der Waals surface area contributed by atoms with Gasteiger partial charge in [0.2, 0.25) is 0 Å². The van der Waals surface area contributed by atoms with Crippen LogP contribution in [0.2, 0.25) is 5.02 Å². The summed E-state index contributed by atoms with van der Waals surface area (Å²) >= 11 is 11.9. The van der Waals surface area contributed by atoms with Crippen molar-refractivity contribution in [1.82, 2.24) is 10.2 Å². The van der Waals surface area contributed by atoms with E-state index in [1.807, 2.05) is 19.9 Å². The molecule has 2 N–H and O–H groups in total. The Balaban J connectivity index is 1.48. The van der Waals surface area contributed by atoms with Gasteiger partial charge in [-0.25, -0.2) is 0 Å². The number of benzene rings is 2. The Kier molecular flexibility index (Phi) is 6.52. The lowest BCUT2D eigenvalue weighted by molar-refractivity contribution is 0.199. The molecular formula is C21H26ClN3S. The van der Waals surface area contributed by atoms with E-state index in [0.29, 0.717) is 16.2 Å². The molecule has 0 spiro atoms. The lowest BCUT2D eigenvalue weighted by Gasteiger charge is -2.33. The van der Waals surface area contributed by atoms with Crippen molar-refractivity contribution in [3.05, 3.63) is 64.2 Å². The molecular weight excluding hydrogens is 362 g/mol. The van der Waals surface area contributed by atoms with Gasteiger partial charge in [-0.1, -0.05) is 48.0 Å². The van der Waals surface area contributed by atoms with Crippen LogP contribution in [0.15, 0.2) is 42.5 Å². The Labute approximate surface area is 166 Å². The lowest BCUT2D eigenvalue weighted by Crippen LogP contribution is -2.45. The maximum atomic E-state index is 6.36. The molecule has 5 heteroatoms. The molecule has 0 amide bonds. The first kappa shape index (κ1) is 19.2. The van der Waals surface area contributed by atoms with Crippen LogP contribution in [0.3, 0.4) is 0 Å². The van der Waals surface area contributed by atoms with Crippen LogP contribution in [0.25, 0.3) is 0 Å². The van der Waals surface area contributed by atoms with Gasteiger partial charge < -0.3 is 10.6 Å². The Hall–Kier alpha value is -1.62. The number of halogens is 1. The zero-order chi connectivity index (χ0) is 18.5. The SMILES string of the molecule is Cc1cc(C)c(NC(=S)NC2CCN(Cc3ccccc3)CC2)c(Cl)c1. The van der Waals surface area contributed by atoms with Gasteiger partial charge in [0.15, 0.2) is 5.11 Å². The van der Waals surface area contributed by atoms with Gasteiger partial charge in [-0.05, 0) is 61.7 Å². The number of hydrogen-bond donors (Lipinski definition) is 2. The number of hydrogen-bond acceptors (Lipinski definition) is 2. The predicted octanol–water partition coefficient (Wildman–Crippen LogP) is 4.91. The van der Waals surface area contributed by atoms with Crippen LogP contribution in [0, 0.1) is 13.8 Å². The van der Waals surface area contributed by atoms with Crippen molar-refractivity contribution in [3.63, 3.8) is 0 Å². The van der Waals surface area contributed by atoms with Crippen LogP contribution in [-0.4, -0.2) is 29.1 Å². The standard InChI is InChI=1S/C21H26ClN3S/c1-15-12-16(2)20(19(22)13-15)24-21(26)23-18-8-10-25(11-9-18)14-17-6-4-3-5-7-17/h3-7,12-13,18H,8-11,14H2,1-2H3,(H2,23,24,26). The van der Waals surface area contributed by atoms with E-state index in [0.717, 1.165) is 49.3 Å². The van der Waals surface area contributed by atoms with Crippen molar-refractivity contribution in [2.45, 2.75) is 39.3 Å². The first-order chi connectivity index (χ1) is 12.5. The third-order valence-electron chi connectivity index (χ3n) is 4.84. The topological polar surface area (TPSA) is 27.3 Å². The van der Waals surface area contributed by atoms with Crippen LogP contribution in [0.4, 0.5) is 5.69 Å². The van der Waals surface area contributed by atoms with Gasteiger partial charge in [-0.2, -0.15) is 0 Å².